The Morgan fingerprint density at radius 1 is 1.52 bits per heavy atom. The zero-order valence-electron chi connectivity index (χ0n) is 12.0. The number of carbonyl (C=O) groups is 1. The minimum Gasteiger partial charge on any atom is -0.396 e. The Bertz CT molecular complexity index is 601. The summed E-state index contributed by atoms with van der Waals surface area (Å²) in [4.78, 5) is 22.4. The van der Waals surface area contributed by atoms with E-state index >= 15 is 0 Å². The van der Waals surface area contributed by atoms with E-state index in [2.05, 4.69) is 19.2 Å². The van der Waals surface area contributed by atoms with Crippen LogP contribution in [0.4, 0.5) is 15.8 Å². The third-order valence-corrected chi connectivity index (χ3v) is 3.86. The molecule has 1 unspecified atom stereocenters. The Labute approximate surface area is 121 Å². The van der Waals surface area contributed by atoms with Crippen LogP contribution in [-0.4, -0.2) is 16.9 Å². The standard InChI is InChI=1S/C14H18FN3O3/c1-14(2)4-3-8(7-14)17-13(19)9-5-11(16)10(15)6-12(9)18(20)21/h5-6,8H,3-4,7,16H2,1-2H3,(H,17,19). The van der Waals surface area contributed by atoms with E-state index in [1.54, 1.807) is 0 Å². The molecule has 2 rings (SSSR count). The number of hydrogen-bond donors (Lipinski definition) is 2. The normalized spacial score (nSPS) is 20.2. The van der Waals surface area contributed by atoms with Crippen molar-refractivity contribution in [3.8, 4) is 0 Å². The Morgan fingerprint density at radius 2 is 2.19 bits per heavy atom. The fourth-order valence-electron chi connectivity index (χ4n) is 2.73. The van der Waals surface area contributed by atoms with Gasteiger partial charge in [0.25, 0.3) is 11.6 Å². The van der Waals surface area contributed by atoms with Crippen molar-refractivity contribution >= 4 is 17.3 Å². The smallest absolute Gasteiger partial charge is 0.285 e. The SMILES string of the molecule is CC1(C)CCC(NC(=O)c2cc(N)c(F)cc2[N+](=O)[O-])C1. The van der Waals surface area contributed by atoms with Crippen molar-refractivity contribution in [2.24, 2.45) is 5.41 Å². The average Bonchev–Trinajstić information content (AvgIpc) is 2.71. The number of nitro groups is 1. The molecule has 1 aliphatic carbocycles. The van der Waals surface area contributed by atoms with Crippen molar-refractivity contribution in [1.82, 2.24) is 5.32 Å². The van der Waals surface area contributed by atoms with Crippen molar-refractivity contribution in [2.75, 3.05) is 5.73 Å². The molecule has 0 heterocycles. The molecule has 114 valence electrons. The monoisotopic (exact) mass is 295 g/mol. The Balaban J connectivity index is 2.23. The molecular formula is C14H18FN3O3. The van der Waals surface area contributed by atoms with Crippen LogP contribution in [0.25, 0.3) is 0 Å². The Morgan fingerprint density at radius 3 is 2.71 bits per heavy atom. The van der Waals surface area contributed by atoms with Crippen LogP contribution >= 0.6 is 0 Å². The summed E-state index contributed by atoms with van der Waals surface area (Å²) < 4.78 is 13.3. The fraction of sp³-hybridized carbons (Fsp3) is 0.500. The van der Waals surface area contributed by atoms with Crippen LogP contribution in [0.3, 0.4) is 0 Å². The molecule has 1 amide bonds. The first kappa shape index (κ1) is 15.2. The molecule has 1 fully saturated rings. The van der Waals surface area contributed by atoms with Gasteiger partial charge < -0.3 is 11.1 Å². The molecule has 1 aromatic rings. The number of hydrogen-bond acceptors (Lipinski definition) is 4. The highest BCUT2D eigenvalue weighted by molar-refractivity contribution is 5.99. The van der Waals surface area contributed by atoms with E-state index in [0.29, 0.717) is 6.07 Å². The molecule has 1 saturated carbocycles. The molecule has 0 radical (unpaired) electrons. The third-order valence-electron chi connectivity index (χ3n) is 3.86. The molecule has 0 saturated heterocycles. The number of nitrogen functional groups attached to an aromatic ring is 1. The molecule has 0 bridgehead atoms. The summed E-state index contributed by atoms with van der Waals surface area (Å²) in [7, 11) is 0. The predicted octanol–water partition coefficient (Wildman–Crippen LogP) is 2.62. The molecule has 21 heavy (non-hydrogen) atoms. The van der Waals surface area contributed by atoms with E-state index in [0.717, 1.165) is 25.3 Å². The predicted molar refractivity (Wildman–Crippen MR) is 76.4 cm³/mol. The molecule has 1 aliphatic rings. The molecular weight excluding hydrogens is 277 g/mol. The molecule has 0 aliphatic heterocycles. The van der Waals surface area contributed by atoms with Crippen molar-refractivity contribution < 1.29 is 14.1 Å². The highest BCUT2D eigenvalue weighted by atomic mass is 19.1. The summed E-state index contributed by atoms with van der Waals surface area (Å²) in [5.41, 5.74) is 4.49. The van der Waals surface area contributed by atoms with Gasteiger partial charge in [-0.15, -0.1) is 0 Å². The van der Waals surface area contributed by atoms with Gasteiger partial charge in [0.15, 0.2) is 5.82 Å². The van der Waals surface area contributed by atoms with Gasteiger partial charge in [0.05, 0.1) is 16.7 Å². The quantitative estimate of drug-likeness (QED) is 0.508. The summed E-state index contributed by atoms with van der Waals surface area (Å²) in [6, 6.07) is 1.67. The summed E-state index contributed by atoms with van der Waals surface area (Å²) in [6.07, 6.45) is 2.61. The van der Waals surface area contributed by atoms with E-state index in [1.807, 2.05) is 0 Å². The maximum Gasteiger partial charge on any atom is 0.285 e. The Kier molecular flexibility index (Phi) is 3.85. The van der Waals surface area contributed by atoms with E-state index in [1.165, 1.54) is 0 Å². The van der Waals surface area contributed by atoms with Crippen LogP contribution in [-0.2, 0) is 0 Å². The molecule has 1 atom stereocenters. The first-order chi connectivity index (χ1) is 9.69. The lowest BCUT2D eigenvalue weighted by atomic mass is 9.92. The second kappa shape index (κ2) is 5.31. The van der Waals surface area contributed by atoms with Crippen LogP contribution in [0.2, 0.25) is 0 Å². The number of nitrogens with one attached hydrogen (secondary N) is 1. The highest BCUT2D eigenvalue weighted by Crippen LogP contribution is 2.37. The maximum atomic E-state index is 13.3. The lowest BCUT2D eigenvalue weighted by molar-refractivity contribution is -0.385. The van der Waals surface area contributed by atoms with Gasteiger partial charge in [-0.25, -0.2) is 4.39 Å². The largest absolute Gasteiger partial charge is 0.396 e. The van der Waals surface area contributed by atoms with Crippen LogP contribution < -0.4 is 11.1 Å². The first-order valence-electron chi connectivity index (χ1n) is 6.74. The van der Waals surface area contributed by atoms with Gasteiger partial charge in [-0.2, -0.15) is 0 Å². The number of rotatable bonds is 3. The molecule has 1 aromatic carbocycles. The Hall–Kier alpha value is -2.18. The third kappa shape index (κ3) is 3.29. The van der Waals surface area contributed by atoms with Crippen molar-refractivity contribution in [1.29, 1.82) is 0 Å². The number of nitrogens with zero attached hydrogens (tertiary/aromatic N) is 1. The fourth-order valence-corrected chi connectivity index (χ4v) is 2.73. The minimum atomic E-state index is -0.903. The zero-order valence-corrected chi connectivity index (χ0v) is 12.0. The number of carbonyl (C=O) groups excluding carboxylic acids is 1. The van der Waals surface area contributed by atoms with E-state index < -0.39 is 22.3 Å². The molecule has 6 nitrogen and oxygen atoms in total. The summed E-state index contributed by atoms with van der Waals surface area (Å²) in [5.74, 6) is -1.49. The van der Waals surface area contributed by atoms with Crippen LogP contribution in [0.1, 0.15) is 43.5 Å². The number of nitrogens with two attached hydrogens (primary N) is 1. The van der Waals surface area contributed by atoms with Gasteiger partial charge in [0, 0.05) is 6.04 Å². The second-order valence-electron chi connectivity index (χ2n) is 6.23. The lowest BCUT2D eigenvalue weighted by Crippen LogP contribution is -2.34. The van der Waals surface area contributed by atoms with Crippen LogP contribution in [0.5, 0.6) is 0 Å². The zero-order chi connectivity index (χ0) is 15.8. The highest BCUT2D eigenvalue weighted by Gasteiger charge is 2.33. The summed E-state index contributed by atoms with van der Waals surface area (Å²) >= 11 is 0. The number of amides is 1. The second-order valence-corrected chi connectivity index (χ2v) is 6.23. The number of anilines is 1. The van der Waals surface area contributed by atoms with Crippen LogP contribution in [0, 0.1) is 21.3 Å². The van der Waals surface area contributed by atoms with Crippen molar-refractivity contribution in [3.05, 3.63) is 33.6 Å². The van der Waals surface area contributed by atoms with Gasteiger partial charge in [-0.3, -0.25) is 14.9 Å². The lowest BCUT2D eigenvalue weighted by Gasteiger charge is -2.18. The van der Waals surface area contributed by atoms with Gasteiger partial charge >= 0.3 is 0 Å². The topological polar surface area (TPSA) is 98.3 Å². The number of benzene rings is 1. The number of halogens is 1. The van der Waals surface area contributed by atoms with Crippen molar-refractivity contribution in [2.45, 2.75) is 39.2 Å². The van der Waals surface area contributed by atoms with Gasteiger partial charge in [-0.1, -0.05) is 13.8 Å². The minimum absolute atomic E-state index is 0.0293. The van der Waals surface area contributed by atoms with E-state index in [9.17, 15) is 19.3 Å². The maximum absolute atomic E-state index is 13.3. The molecule has 7 heteroatoms. The van der Waals surface area contributed by atoms with E-state index in [-0.39, 0.29) is 22.7 Å². The summed E-state index contributed by atoms with van der Waals surface area (Å²) in [5, 5.41) is 13.7. The summed E-state index contributed by atoms with van der Waals surface area (Å²) in [6.45, 7) is 4.22. The molecule has 0 aromatic heterocycles. The van der Waals surface area contributed by atoms with Gasteiger partial charge in [0.1, 0.15) is 5.56 Å². The first-order valence-corrected chi connectivity index (χ1v) is 6.74. The average molecular weight is 295 g/mol. The van der Waals surface area contributed by atoms with Gasteiger partial charge in [0.2, 0.25) is 0 Å². The molecule has 0 spiro atoms. The van der Waals surface area contributed by atoms with Crippen LogP contribution in [0.15, 0.2) is 12.1 Å². The number of nitro benzene ring substituents is 1. The molecule has 3 N–H and O–H groups in total. The van der Waals surface area contributed by atoms with E-state index in [4.69, 9.17) is 5.73 Å². The van der Waals surface area contributed by atoms with Crippen molar-refractivity contribution in [3.63, 3.8) is 0 Å². The van der Waals surface area contributed by atoms with Gasteiger partial charge in [-0.05, 0) is 30.7 Å².